The molecule has 108 valence electrons. The molecule has 0 radical (unpaired) electrons. The van der Waals surface area contributed by atoms with E-state index < -0.39 is 5.82 Å². The smallest absolute Gasteiger partial charge is 0.251 e. The van der Waals surface area contributed by atoms with Crippen molar-refractivity contribution in [3.63, 3.8) is 0 Å². The summed E-state index contributed by atoms with van der Waals surface area (Å²) in [5, 5.41) is 11.4. The molecule has 0 fully saturated rings. The number of nitrogens with one attached hydrogen (secondary N) is 1. The van der Waals surface area contributed by atoms with Gasteiger partial charge in [0.15, 0.2) is 0 Å². The van der Waals surface area contributed by atoms with Gasteiger partial charge in [0.2, 0.25) is 0 Å². The second-order valence-corrected chi connectivity index (χ2v) is 4.67. The van der Waals surface area contributed by atoms with Crippen molar-refractivity contribution < 1.29 is 14.3 Å². The van der Waals surface area contributed by atoms with Gasteiger partial charge in [0.05, 0.1) is 5.56 Å². The predicted molar refractivity (Wildman–Crippen MR) is 76.8 cm³/mol. The number of halogens is 1. The fourth-order valence-electron chi connectivity index (χ4n) is 1.78. The fourth-order valence-corrected chi connectivity index (χ4v) is 1.78. The maximum atomic E-state index is 13.7. The highest BCUT2D eigenvalue weighted by atomic mass is 19.1. The average Bonchev–Trinajstić information content (AvgIpc) is 2.43. The molecule has 3 nitrogen and oxygen atoms in total. The number of aliphatic hydroxyl groups excluding tert-OH is 1. The van der Waals surface area contributed by atoms with E-state index in [1.807, 2.05) is 6.92 Å². The topological polar surface area (TPSA) is 49.3 Å². The highest BCUT2D eigenvalue weighted by molar-refractivity contribution is 5.94. The molecular weight excluding hydrogens is 257 g/mol. The zero-order valence-corrected chi connectivity index (χ0v) is 11.9. The van der Waals surface area contributed by atoms with Gasteiger partial charge in [-0.05, 0) is 31.5 Å². The lowest BCUT2D eigenvalue weighted by atomic mass is 10.1. The molecule has 0 bridgehead atoms. The number of hydrogen-bond donors (Lipinski definition) is 2. The lowest BCUT2D eigenvalue weighted by molar-refractivity contribution is 0.0937. The van der Waals surface area contributed by atoms with Crippen LogP contribution in [0, 0.1) is 17.7 Å². The molecule has 1 unspecified atom stereocenters. The third kappa shape index (κ3) is 5.02. The Morgan fingerprint density at radius 2 is 2.25 bits per heavy atom. The number of hydrogen-bond acceptors (Lipinski definition) is 2. The maximum absolute atomic E-state index is 13.7. The van der Waals surface area contributed by atoms with Crippen LogP contribution in [-0.4, -0.2) is 23.7 Å². The molecule has 2 N–H and O–H groups in total. The fraction of sp³-hybridized carbons (Fsp3) is 0.438. The standard InChI is InChI=1S/C16H20FNO2/c1-3-4-6-12(2)18-16(20)14-9-8-13(7-5-10-19)15(17)11-14/h8-9,11-12,19H,3-4,6,10H2,1-2H3,(H,18,20). The van der Waals surface area contributed by atoms with Crippen LogP contribution in [0.3, 0.4) is 0 Å². The lowest BCUT2D eigenvalue weighted by Gasteiger charge is -2.13. The summed E-state index contributed by atoms with van der Waals surface area (Å²) < 4.78 is 13.7. The van der Waals surface area contributed by atoms with Gasteiger partial charge >= 0.3 is 0 Å². The van der Waals surface area contributed by atoms with Crippen LogP contribution < -0.4 is 5.32 Å². The maximum Gasteiger partial charge on any atom is 0.251 e. The SMILES string of the molecule is CCCCC(C)NC(=O)c1ccc(C#CCO)c(F)c1. The number of rotatable bonds is 5. The Morgan fingerprint density at radius 3 is 2.85 bits per heavy atom. The molecule has 20 heavy (non-hydrogen) atoms. The van der Waals surface area contributed by atoms with Gasteiger partial charge in [-0.2, -0.15) is 0 Å². The summed E-state index contributed by atoms with van der Waals surface area (Å²) in [6, 6.07) is 4.22. The Labute approximate surface area is 119 Å². The quantitative estimate of drug-likeness (QED) is 0.812. The summed E-state index contributed by atoms with van der Waals surface area (Å²) in [6.45, 7) is 3.71. The van der Waals surface area contributed by atoms with Gasteiger partial charge in [-0.1, -0.05) is 31.6 Å². The van der Waals surface area contributed by atoms with Crippen LogP contribution in [0.15, 0.2) is 18.2 Å². The molecule has 0 saturated carbocycles. The second-order valence-electron chi connectivity index (χ2n) is 4.67. The molecule has 0 aliphatic heterocycles. The first-order chi connectivity index (χ1) is 9.58. The number of amides is 1. The summed E-state index contributed by atoms with van der Waals surface area (Å²) in [6.07, 6.45) is 3.03. The van der Waals surface area contributed by atoms with Crippen molar-refractivity contribution in [3.05, 3.63) is 35.1 Å². The Bertz CT molecular complexity index is 517. The van der Waals surface area contributed by atoms with Gasteiger partial charge in [0.1, 0.15) is 12.4 Å². The monoisotopic (exact) mass is 277 g/mol. The van der Waals surface area contributed by atoms with E-state index in [-0.39, 0.29) is 29.7 Å². The van der Waals surface area contributed by atoms with E-state index >= 15 is 0 Å². The number of carbonyl (C=O) groups is 1. The highest BCUT2D eigenvalue weighted by Crippen LogP contribution is 2.10. The first-order valence-electron chi connectivity index (χ1n) is 6.78. The van der Waals surface area contributed by atoms with Crippen molar-refractivity contribution >= 4 is 5.91 Å². The van der Waals surface area contributed by atoms with Crippen LogP contribution in [0.5, 0.6) is 0 Å². The molecule has 1 aromatic carbocycles. The molecule has 1 atom stereocenters. The summed E-state index contributed by atoms with van der Waals surface area (Å²) in [5.41, 5.74) is 0.454. The largest absolute Gasteiger partial charge is 0.384 e. The average molecular weight is 277 g/mol. The first kappa shape index (κ1) is 16.2. The van der Waals surface area contributed by atoms with Crippen LogP contribution in [0.2, 0.25) is 0 Å². The van der Waals surface area contributed by atoms with Crippen LogP contribution >= 0.6 is 0 Å². The van der Waals surface area contributed by atoms with Crippen LogP contribution in [0.1, 0.15) is 49.0 Å². The Balaban J connectivity index is 2.72. The van der Waals surface area contributed by atoms with Crippen molar-refractivity contribution in [2.45, 2.75) is 39.2 Å². The number of unbranched alkanes of at least 4 members (excludes halogenated alkanes) is 1. The molecule has 0 aromatic heterocycles. The van der Waals surface area contributed by atoms with E-state index in [0.717, 1.165) is 19.3 Å². The molecule has 1 amide bonds. The first-order valence-corrected chi connectivity index (χ1v) is 6.78. The third-order valence-electron chi connectivity index (χ3n) is 2.90. The van der Waals surface area contributed by atoms with Crippen molar-refractivity contribution in [2.24, 2.45) is 0 Å². The van der Waals surface area contributed by atoms with Gasteiger partial charge in [0, 0.05) is 11.6 Å². The zero-order valence-electron chi connectivity index (χ0n) is 11.9. The van der Waals surface area contributed by atoms with E-state index in [1.165, 1.54) is 18.2 Å². The van der Waals surface area contributed by atoms with E-state index in [0.29, 0.717) is 0 Å². The Hall–Kier alpha value is -1.86. The van der Waals surface area contributed by atoms with Crippen LogP contribution in [-0.2, 0) is 0 Å². The van der Waals surface area contributed by atoms with Crippen LogP contribution in [0.25, 0.3) is 0 Å². The van der Waals surface area contributed by atoms with Gasteiger partial charge < -0.3 is 10.4 Å². The highest BCUT2D eigenvalue weighted by Gasteiger charge is 2.11. The molecule has 0 heterocycles. The normalized spacial score (nSPS) is 11.4. The van der Waals surface area contributed by atoms with Gasteiger partial charge in [-0.25, -0.2) is 4.39 Å². The van der Waals surface area contributed by atoms with E-state index in [9.17, 15) is 9.18 Å². The molecule has 1 rings (SSSR count). The van der Waals surface area contributed by atoms with Crippen molar-refractivity contribution in [2.75, 3.05) is 6.61 Å². The summed E-state index contributed by atoms with van der Waals surface area (Å²) in [5.74, 6) is 4.03. The minimum absolute atomic E-state index is 0.0689. The minimum atomic E-state index is -0.556. The summed E-state index contributed by atoms with van der Waals surface area (Å²) >= 11 is 0. The number of aliphatic hydroxyl groups is 1. The number of benzene rings is 1. The van der Waals surface area contributed by atoms with Gasteiger partial charge in [-0.15, -0.1) is 0 Å². The van der Waals surface area contributed by atoms with E-state index in [2.05, 4.69) is 24.1 Å². The molecule has 0 saturated heterocycles. The molecule has 0 aliphatic carbocycles. The number of carbonyl (C=O) groups excluding carboxylic acids is 1. The van der Waals surface area contributed by atoms with Crippen LogP contribution in [0.4, 0.5) is 4.39 Å². The summed E-state index contributed by atoms with van der Waals surface area (Å²) in [4.78, 5) is 11.9. The summed E-state index contributed by atoms with van der Waals surface area (Å²) in [7, 11) is 0. The Kier molecular flexibility index (Phi) is 6.75. The van der Waals surface area contributed by atoms with Gasteiger partial charge in [0.25, 0.3) is 5.91 Å². The van der Waals surface area contributed by atoms with E-state index in [1.54, 1.807) is 0 Å². The van der Waals surface area contributed by atoms with Crippen molar-refractivity contribution in [3.8, 4) is 11.8 Å². The van der Waals surface area contributed by atoms with Crippen molar-refractivity contribution in [1.82, 2.24) is 5.32 Å². The molecule has 0 aliphatic rings. The lowest BCUT2D eigenvalue weighted by Crippen LogP contribution is -2.32. The minimum Gasteiger partial charge on any atom is -0.384 e. The zero-order chi connectivity index (χ0) is 15.0. The molecule has 1 aromatic rings. The van der Waals surface area contributed by atoms with E-state index in [4.69, 9.17) is 5.11 Å². The second kappa shape index (κ2) is 8.34. The van der Waals surface area contributed by atoms with Gasteiger partial charge in [-0.3, -0.25) is 4.79 Å². The third-order valence-corrected chi connectivity index (χ3v) is 2.90. The molecule has 0 spiro atoms. The molecular formula is C16H20FNO2. The molecule has 4 heteroatoms. The Morgan fingerprint density at radius 1 is 1.50 bits per heavy atom. The predicted octanol–water partition coefficient (Wildman–Crippen LogP) is 2.48. The van der Waals surface area contributed by atoms with Crippen molar-refractivity contribution in [1.29, 1.82) is 0 Å².